The van der Waals surface area contributed by atoms with E-state index in [0.29, 0.717) is 12.1 Å². The SMILES string of the molecule is CN(CCc1cc(C(F)(F)F)cc(C(F)(F)F)c1)C(=O)C(c1ccccc1)N1CCC(N(C)C2CCCC2)CC1. The molecule has 1 unspecified atom stereocenters. The van der Waals surface area contributed by atoms with Crippen molar-refractivity contribution in [3.63, 3.8) is 0 Å². The Labute approximate surface area is 231 Å². The third kappa shape index (κ3) is 7.37. The first-order valence-electron chi connectivity index (χ1n) is 13.9. The van der Waals surface area contributed by atoms with E-state index in [2.05, 4.69) is 16.8 Å². The molecule has 0 bridgehead atoms. The van der Waals surface area contributed by atoms with Crippen LogP contribution in [-0.2, 0) is 23.6 Å². The number of hydrogen-bond donors (Lipinski definition) is 0. The number of nitrogens with zero attached hydrogens (tertiary/aromatic N) is 3. The first kappa shape index (κ1) is 30.4. The molecule has 10 heteroatoms. The molecule has 1 saturated heterocycles. The second-order valence-corrected chi connectivity index (χ2v) is 11.1. The molecule has 2 aromatic carbocycles. The van der Waals surface area contributed by atoms with Gasteiger partial charge in [-0.05, 0) is 68.5 Å². The van der Waals surface area contributed by atoms with Gasteiger partial charge in [-0.25, -0.2) is 0 Å². The number of rotatable bonds is 8. The van der Waals surface area contributed by atoms with E-state index in [4.69, 9.17) is 0 Å². The number of likely N-dealkylation sites (N-methyl/N-ethyl adjacent to an activating group) is 1. The fourth-order valence-electron chi connectivity index (χ4n) is 6.09. The number of carbonyl (C=O) groups is 1. The molecule has 40 heavy (non-hydrogen) atoms. The second kappa shape index (κ2) is 12.5. The summed E-state index contributed by atoms with van der Waals surface area (Å²) in [6, 6.07) is 11.4. The van der Waals surface area contributed by atoms with E-state index in [-0.39, 0.29) is 30.5 Å². The zero-order valence-corrected chi connectivity index (χ0v) is 22.9. The molecule has 1 aliphatic heterocycles. The minimum Gasteiger partial charge on any atom is -0.344 e. The van der Waals surface area contributed by atoms with Crippen LogP contribution in [0.1, 0.15) is 66.8 Å². The molecule has 220 valence electrons. The molecular weight excluding hydrogens is 532 g/mol. The number of piperidine rings is 1. The first-order chi connectivity index (χ1) is 18.8. The highest BCUT2D eigenvalue weighted by Gasteiger charge is 2.38. The molecule has 1 amide bonds. The Kier molecular flexibility index (Phi) is 9.50. The number of likely N-dealkylation sites (tertiary alicyclic amines) is 1. The summed E-state index contributed by atoms with van der Waals surface area (Å²) in [5.74, 6) is -0.225. The van der Waals surface area contributed by atoms with Crippen molar-refractivity contribution < 1.29 is 31.1 Å². The third-order valence-corrected chi connectivity index (χ3v) is 8.45. The lowest BCUT2D eigenvalue weighted by Gasteiger charge is -2.42. The van der Waals surface area contributed by atoms with E-state index in [1.165, 1.54) is 30.6 Å². The van der Waals surface area contributed by atoms with Gasteiger partial charge in [0.2, 0.25) is 5.91 Å². The average molecular weight is 570 g/mol. The molecule has 1 heterocycles. The van der Waals surface area contributed by atoms with E-state index < -0.39 is 29.5 Å². The molecule has 0 spiro atoms. The van der Waals surface area contributed by atoms with Crippen molar-refractivity contribution in [1.29, 1.82) is 0 Å². The lowest BCUT2D eigenvalue weighted by atomic mass is 9.96. The van der Waals surface area contributed by atoms with Gasteiger partial charge in [-0.3, -0.25) is 9.69 Å². The van der Waals surface area contributed by atoms with E-state index in [1.807, 2.05) is 30.3 Å². The van der Waals surface area contributed by atoms with Crippen molar-refractivity contribution >= 4 is 5.91 Å². The fraction of sp³-hybridized carbons (Fsp3) is 0.567. The van der Waals surface area contributed by atoms with Crippen LogP contribution >= 0.6 is 0 Å². The number of amides is 1. The molecule has 4 rings (SSSR count). The molecule has 1 atom stereocenters. The van der Waals surface area contributed by atoms with Crippen LogP contribution in [-0.4, -0.2) is 66.4 Å². The Morgan fingerprint density at radius 1 is 0.850 bits per heavy atom. The minimum absolute atomic E-state index is 0.0122. The average Bonchev–Trinajstić information content (AvgIpc) is 3.46. The topological polar surface area (TPSA) is 26.8 Å². The summed E-state index contributed by atoms with van der Waals surface area (Å²) in [6.45, 7) is 1.44. The normalized spacial score (nSPS) is 18.8. The molecule has 1 saturated carbocycles. The van der Waals surface area contributed by atoms with Gasteiger partial charge in [-0.15, -0.1) is 0 Å². The molecule has 2 fully saturated rings. The first-order valence-corrected chi connectivity index (χ1v) is 13.9. The Morgan fingerprint density at radius 2 is 1.38 bits per heavy atom. The van der Waals surface area contributed by atoms with Gasteiger partial charge in [0.1, 0.15) is 6.04 Å². The van der Waals surface area contributed by atoms with Crippen LogP contribution in [0.4, 0.5) is 26.3 Å². The summed E-state index contributed by atoms with van der Waals surface area (Å²) in [5.41, 5.74) is -1.99. The molecular formula is C30H37F6N3O. The van der Waals surface area contributed by atoms with Gasteiger partial charge in [0.05, 0.1) is 11.1 Å². The quantitative estimate of drug-likeness (QED) is 0.327. The number of alkyl halides is 6. The van der Waals surface area contributed by atoms with Gasteiger partial charge in [-0.2, -0.15) is 26.3 Å². The van der Waals surface area contributed by atoms with Crippen molar-refractivity contribution in [2.24, 2.45) is 0 Å². The van der Waals surface area contributed by atoms with Crippen molar-refractivity contribution in [1.82, 2.24) is 14.7 Å². The highest BCUT2D eigenvalue weighted by Crippen LogP contribution is 2.37. The Hall–Kier alpha value is -2.59. The molecule has 1 aliphatic carbocycles. The van der Waals surface area contributed by atoms with Crippen molar-refractivity contribution in [2.75, 3.05) is 33.7 Å². The van der Waals surface area contributed by atoms with Gasteiger partial charge in [0.15, 0.2) is 0 Å². The van der Waals surface area contributed by atoms with Crippen LogP contribution in [0.5, 0.6) is 0 Å². The summed E-state index contributed by atoms with van der Waals surface area (Å²) in [7, 11) is 3.75. The third-order valence-electron chi connectivity index (χ3n) is 8.45. The number of halogens is 6. The standard InChI is InChI=1S/C30H37F6N3O/c1-37(15-12-21-18-23(29(31,32)33)20-24(19-21)30(34,35)36)28(40)27(22-8-4-3-5-9-22)39-16-13-26(14-17-39)38(2)25-10-6-7-11-25/h3-5,8-9,18-20,25-27H,6-7,10-17H2,1-2H3. The lowest BCUT2D eigenvalue weighted by Crippen LogP contribution is -2.50. The molecule has 2 aromatic rings. The molecule has 2 aliphatic rings. The van der Waals surface area contributed by atoms with Crippen molar-refractivity contribution in [3.05, 3.63) is 70.8 Å². The number of benzene rings is 2. The fourth-order valence-corrected chi connectivity index (χ4v) is 6.09. The smallest absolute Gasteiger partial charge is 0.344 e. The highest BCUT2D eigenvalue weighted by atomic mass is 19.4. The maximum atomic E-state index is 13.8. The Morgan fingerprint density at radius 3 is 1.90 bits per heavy atom. The van der Waals surface area contributed by atoms with Crippen LogP contribution in [0.2, 0.25) is 0 Å². The summed E-state index contributed by atoms with van der Waals surface area (Å²) in [6.07, 6.45) is -3.11. The summed E-state index contributed by atoms with van der Waals surface area (Å²) in [5, 5.41) is 0. The zero-order valence-electron chi connectivity index (χ0n) is 22.9. The van der Waals surface area contributed by atoms with E-state index in [9.17, 15) is 31.1 Å². The predicted octanol–water partition coefficient (Wildman–Crippen LogP) is 6.81. The summed E-state index contributed by atoms with van der Waals surface area (Å²) in [4.78, 5) is 19.8. The Balaban J connectivity index is 1.47. The van der Waals surface area contributed by atoms with Crippen LogP contribution in [0.15, 0.2) is 48.5 Å². The molecule has 0 radical (unpaired) electrons. The monoisotopic (exact) mass is 569 g/mol. The summed E-state index contributed by atoms with van der Waals surface area (Å²) < 4.78 is 79.7. The van der Waals surface area contributed by atoms with Gasteiger partial charge < -0.3 is 9.80 Å². The van der Waals surface area contributed by atoms with Crippen molar-refractivity contribution in [3.8, 4) is 0 Å². The largest absolute Gasteiger partial charge is 0.416 e. The maximum absolute atomic E-state index is 13.8. The van der Waals surface area contributed by atoms with E-state index in [0.717, 1.165) is 43.6 Å². The highest BCUT2D eigenvalue weighted by molar-refractivity contribution is 5.83. The van der Waals surface area contributed by atoms with Crippen LogP contribution in [0.3, 0.4) is 0 Å². The minimum atomic E-state index is -4.91. The molecule has 0 aromatic heterocycles. The van der Waals surface area contributed by atoms with Crippen LogP contribution < -0.4 is 0 Å². The van der Waals surface area contributed by atoms with Crippen LogP contribution in [0.25, 0.3) is 0 Å². The zero-order chi connectivity index (χ0) is 29.1. The number of carbonyl (C=O) groups excluding carboxylic acids is 1. The Bertz CT molecular complexity index is 1090. The predicted molar refractivity (Wildman–Crippen MR) is 142 cm³/mol. The van der Waals surface area contributed by atoms with E-state index in [1.54, 1.807) is 7.05 Å². The molecule has 0 N–H and O–H groups in total. The second-order valence-electron chi connectivity index (χ2n) is 11.1. The lowest BCUT2D eigenvalue weighted by molar-refractivity contribution is -0.143. The van der Waals surface area contributed by atoms with Crippen molar-refractivity contribution in [2.45, 2.75) is 75.4 Å². The molecule has 4 nitrogen and oxygen atoms in total. The van der Waals surface area contributed by atoms with Gasteiger partial charge >= 0.3 is 12.4 Å². The van der Waals surface area contributed by atoms with Crippen LogP contribution in [0, 0.1) is 0 Å². The maximum Gasteiger partial charge on any atom is 0.416 e. The van der Waals surface area contributed by atoms with Gasteiger partial charge in [0.25, 0.3) is 0 Å². The summed E-state index contributed by atoms with van der Waals surface area (Å²) >= 11 is 0. The van der Waals surface area contributed by atoms with Gasteiger partial charge in [0, 0.05) is 38.8 Å². The van der Waals surface area contributed by atoms with Gasteiger partial charge in [-0.1, -0.05) is 43.2 Å². The van der Waals surface area contributed by atoms with E-state index >= 15 is 0 Å². The number of hydrogen-bond acceptors (Lipinski definition) is 3.